The first-order valence-corrected chi connectivity index (χ1v) is 9.57. The van der Waals surface area contributed by atoms with Crippen LogP contribution in [0.3, 0.4) is 0 Å². The molecule has 5 nitrogen and oxygen atoms in total. The lowest BCUT2D eigenvalue weighted by molar-refractivity contribution is 0.0219. The number of nitrogens with zero attached hydrogens (tertiary/aromatic N) is 1. The van der Waals surface area contributed by atoms with Gasteiger partial charge in [0.15, 0.2) is 0 Å². The molecule has 112 valence electrons. The maximum absolute atomic E-state index is 11.8. The second-order valence-electron chi connectivity index (χ2n) is 5.61. The Kier molecular flexibility index (Phi) is 5.55. The SMILES string of the molecule is CCS(=O)(=O)SC1CCN(C(=O)OC(C)(C)C)CC1. The molecule has 1 saturated heterocycles. The predicted molar refractivity (Wildman–Crippen MR) is 77.9 cm³/mol. The number of ether oxygens (including phenoxy) is 1. The van der Waals surface area contributed by atoms with E-state index in [1.54, 1.807) is 11.8 Å². The Balaban J connectivity index is 2.43. The van der Waals surface area contributed by atoms with Crippen LogP contribution in [0.25, 0.3) is 0 Å². The molecule has 1 rings (SSSR count). The van der Waals surface area contributed by atoms with Gasteiger partial charge in [0, 0.05) is 18.3 Å². The molecule has 0 radical (unpaired) electrons. The number of piperidine rings is 1. The molecule has 0 aliphatic carbocycles. The first kappa shape index (κ1) is 16.6. The van der Waals surface area contributed by atoms with Crippen molar-refractivity contribution >= 4 is 25.8 Å². The topological polar surface area (TPSA) is 63.7 Å². The van der Waals surface area contributed by atoms with Crippen LogP contribution in [0, 0.1) is 0 Å². The van der Waals surface area contributed by atoms with E-state index < -0.39 is 14.5 Å². The van der Waals surface area contributed by atoms with Crippen molar-refractivity contribution in [3.8, 4) is 0 Å². The maximum atomic E-state index is 11.8. The zero-order valence-electron chi connectivity index (χ0n) is 12.0. The number of hydrogen-bond donors (Lipinski definition) is 0. The van der Waals surface area contributed by atoms with E-state index >= 15 is 0 Å². The summed E-state index contributed by atoms with van der Waals surface area (Å²) in [5.41, 5.74) is -0.492. The van der Waals surface area contributed by atoms with Crippen molar-refractivity contribution in [3.63, 3.8) is 0 Å². The minimum absolute atomic E-state index is 0.0867. The third-order valence-electron chi connectivity index (χ3n) is 2.73. The molecule has 0 saturated carbocycles. The molecule has 1 fully saturated rings. The fourth-order valence-corrected chi connectivity index (χ4v) is 4.92. The van der Waals surface area contributed by atoms with Gasteiger partial charge in [-0.05, 0) is 44.4 Å². The number of amides is 1. The van der Waals surface area contributed by atoms with Crippen LogP contribution in [-0.2, 0) is 13.6 Å². The number of rotatable bonds is 3. The molecule has 0 unspecified atom stereocenters. The van der Waals surface area contributed by atoms with Gasteiger partial charge >= 0.3 is 6.09 Å². The molecule has 0 spiro atoms. The van der Waals surface area contributed by atoms with E-state index in [0.717, 1.165) is 10.8 Å². The minimum Gasteiger partial charge on any atom is -0.444 e. The Morgan fingerprint density at radius 3 is 2.26 bits per heavy atom. The lowest BCUT2D eigenvalue weighted by Gasteiger charge is -2.32. The molecule has 0 bridgehead atoms. The molecule has 1 aliphatic rings. The smallest absolute Gasteiger partial charge is 0.410 e. The molecule has 1 heterocycles. The number of carbonyl (C=O) groups excluding carboxylic acids is 1. The summed E-state index contributed by atoms with van der Waals surface area (Å²) >= 11 is 0. The number of likely N-dealkylation sites (tertiary alicyclic amines) is 1. The molecular formula is C12H23NO4S2. The lowest BCUT2D eigenvalue weighted by Crippen LogP contribution is -2.42. The summed E-state index contributed by atoms with van der Waals surface area (Å²) in [4.78, 5) is 13.5. The molecule has 0 atom stereocenters. The lowest BCUT2D eigenvalue weighted by atomic mass is 10.1. The molecule has 7 heteroatoms. The first-order chi connectivity index (χ1) is 8.63. The van der Waals surface area contributed by atoms with E-state index in [-0.39, 0.29) is 17.1 Å². The van der Waals surface area contributed by atoms with Gasteiger partial charge in [-0.2, -0.15) is 0 Å². The van der Waals surface area contributed by atoms with Crippen molar-refractivity contribution in [2.75, 3.05) is 18.8 Å². The van der Waals surface area contributed by atoms with Crippen molar-refractivity contribution in [3.05, 3.63) is 0 Å². The van der Waals surface area contributed by atoms with Gasteiger partial charge < -0.3 is 9.64 Å². The van der Waals surface area contributed by atoms with E-state index in [2.05, 4.69) is 0 Å². The van der Waals surface area contributed by atoms with Gasteiger partial charge in [0.1, 0.15) is 5.60 Å². The van der Waals surface area contributed by atoms with Gasteiger partial charge in [0.05, 0.1) is 5.75 Å². The van der Waals surface area contributed by atoms with Crippen molar-refractivity contribution in [2.24, 2.45) is 0 Å². The summed E-state index contributed by atoms with van der Waals surface area (Å²) < 4.78 is 28.4. The van der Waals surface area contributed by atoms with Crippen LogP contribution in [0.2, 0.25) is 0 Å². The van der Waals surface area contributed by atoms with Crippen molar-refractivity contribution in [1.29, 1.82) is 0 Å². The summed E-state index contributed by atoms with van der Waals surface area (Å²) in [5.74, 6) is 0.157. The second kappa shape index (κ2) is 6.35. The Bertz CT molecular complexity index is 406. The Morgan fingerprint density at radius 2 is 1.84 bits per heavy atom. The Labute approximate surface area is 119 Å². The Hall–Kier alpha value is -0.430. The fraction of sp³-hybridized carbons (Fsp3) is 0.917. The van der Waals surface area contributed by atoms with Gasteiger partial charge in [-0.15, -0.1) is 0 Å². The highest BCUT2D eigenvalue weighted by Gasteiger charge is 2.29. The molecule has 0 aromatic carbocycles. The van der Waals surface area contributed by atoms with Crippen molar-refractivity contribution < 1.29 is 17.9 Å². The third kappa shape index (κ3) is 6.03. The summed E-state index contributed by atoms with van der Waals surface area (Å²) in [6, 6.07) is 0. The Morgan fingerprint density at radius 1 is 1.32 bits per heavy atom. The van der Waals surface area contributed by atoms with Gasteiger partial charge in [0.2, 0.25) is 8.87 Å². The highest BCUT2D eigenvalue weighted by atomic mass is 33.1. The quantitative estimate of drug-likeness (QED) is 0.749. The summed E-state index contributed by atoms with van der Waals surface area (Å²) in [5, 5.41) is 0.0867. The second-order valence-corrected chi connectivity index (χ2v) is 10.3. The molecule has 0 N–H and O–H groups in total. The summed E-state index contributed by atoms with van der Waals surface area (Å²) in [6.07, 6.45) is 1.08. The largest absolute Gasteiger partial charge is 0.444 e. The highest BCUT2D eigenvalue weighted by molar-refractivity contribution is 8.72. The van der Waals surface area contributed by atoms with Crippen LogP contribution < -0.4 is 0 Å². The zero-order chi connectivity index (χ0) is 14.7. The van der Waals surface area contributed by atoms with Crippen LogP contribution in [0.1, 0.15) is 40.5 Å². The van der Waals surface area contributed by atoms with Crippen LogP contribution in [0.4, 0.5) is 4.79 Å². The van der Waals surface area contributed by atoms with Gasteiger partial charge in [-0.1, -0.05) is 6.92 Å². The average Bonchev–Trinajstić information content (AvgIpc) is 2.27. The van der Waals surface area contributed by atoms with Crippen LogP contribution in [0.5, 0.6) is 0 Å². The maximum Gasteiger partial charge on any atom is 0.410 e. The molecule has 1 amide bonds. The van der Waals surface area contributed by atoms with Gasteiger partial charge in [-0.3, -0.25) is 0 Å². The average molecular weight is 309 g/mol. The van der Waals surface area contributed by atoms with E-state index in [1.807, 2.05) is 20.8 Å². The monoisotopic (exact) mass is 309 g/mol. The van der Waals surface area contributed by atoms with Gasteiger partial charge in [0.25, 0.3) is 0 Å². The third-order valence-corrected chi connectivity index (χ3v) is 6.88. The standard InChI is InChI=1S/C12H23NO4S2/c1-5-19(15,16)18-10-6-8-13(9-7-10)11(14)17-12(2,3)4/h10H,5-9H2,1-4H3. The van der Waals surface area contributed by atoms with Crippen LogP contribution >= 0.6 is 10.8 Å². The normalized spacial score (nSPS) is 18.4. The molecular weight excluding hydrogens is 286 g/mol. The number of carbonyl (C=O) groups is 1. The highest BCUT2D eigenvalue weighted by Crippen LogP contribution is 2.29. The minimum atomic E-state index is -3.00. The molecule has 0 aromatic rings. The molecule has 19 heavy (non-hydrogen) atoms. The van der Waals surface area contributed by atoms with Crippen LogP contribution in [-0.4, -0.2) is 49.1 Å². The van der Waals surface area contributed by atoms with E-state index in [4.69, 9.17) is 4.74 Å². The van der Waals surface area contributed by atoms with Gasteiger partial charge in [-0.25, -0.2) is 13.2 Å². The summed E-state index contributed by atoms with van der Waals surface area (Å²) in [7, 11) is -1.96. The zero-order valence-corrected chi connectivity index (χ0v) is 13.6. The predicted octanol–water partition coefficient (Wildman–Crippen LogP) is 2.47. The van der Waals surface area contributed by atoms with E-state index in [1.165, 1.54) is 0 Å². The van der Waals surface area contributed by atoms with Crippen LogP contribution in [0.15, 0.2) is 0 Å². The molecule has 1 aliphatic heterocycles. The number of hydrogen-bond acceptors (Lipinski definition) is 5. The van der Waals surface area contributed by atoms with E-state index in [9.17, 15) is 13.2 Å². The summed E-state index contributed by atoms with van der Waals surface area (Å²) in [6.45, 7) is 8.28. The van der Waals surface area contributed by atoms with Crippen molar-refractivity contribution in [2.45, 2.75) is 51.4 Å². The first-order valence-electron chi connectivity index (χ1n) is 6.52. The van der Waals surface area contributed by atoms with E-state index in [0.29, 0.717) is 25.9 Å². The van der Waals surface area contributed by atoms with Crippen molar-refractivity contribution in [1.82, 2.24) is 4.90 Å². The molecule has 0 aromatic heterocycles. The fourth-order valence-electron chi connectivity index (χ4n) is 1.74.